The molecule has 0 aliphatic carbocycles. The number of hydrogen-bond acceptors (Lipinski definition) is 2. The van der Waals surface area contributed by atoms with Crippen LogP contribution in [0.15, 0.2) is 30.3 Å². The average molecular weight is 185 g/mol. The predicted molar refractivity (Wildman–Crippen MR) is 46.0 cm³/mol. The molecule has 1 aromatic carbocycles. The molecule has 0 aliphatic rings. The minimum absolute atomic E-state index is 0.236. The maximum Gasteiger partial charge on any atom is 0.269 e. The van der Waals surface area contributed by atoms with Crippen molar-refractivity contribution in [2.45, 2.75) is 6.42 Å². The van der Waals surface area contributed by atoms with Crippen LogP contribution in [0, 0.1) is 5.75 Å². The normalized spacial score (nSPS) is 11.4. The topological polar surface area (TPSA) is 54.4 Å². The van der Waals surface area contributed by atoms with Crippen LogP contribution in [0.4, 0.5) is 0 Å². The second-order valence-electron chi connectivity index (χ2n) is 2.37. The summed E-state index contributed by atoms with van der Waals surface area (Å²) in [5, 5.41) is 0. The fourth-order valence-electron chi connectivity index (χ4n) is 0.816. The Hall–Kier alpha value is -0.870. The molecule has 0 saturated carbocycles. The molecule has 0 aromatic heterocycles. The molecular weight excluding hydrogens is 176 g/mol. The summed E-state index contributed by atoms with van der Waals surface area (Å²) in [4.78, 5) is 0. The van der Waals surface area contributed by atoms with Crippen LogP contribution in [-0.4, -0.2) is 13.0 Å². The number of benzene rings is 1. The van der Waals surface area contributed by atoms with Crippen molar-refractivity contribution in [1.29, 1.82) is 0 Å². The Labute approximate surface area is 71.8 Å². The molecule has 0 fully saturated rings. The van der Waals surface area contributed by atoms with Crippen LogP contribution in [0.5, 0.6) is 0 Å². The lowest BCUT2D eigenvalue weighted by molar-refractivity contribution is 0.489. The zero-order valence-corrected chi connectivity index (χ0v) is 7.16. The molecular formula is C8H9O3S. The number of rotatable bonds is 3. The van der Waals surface area contributed by atoms with Gasteiger partial charge in [-0.3, -0.25) is 4.55 Å². The highest BCUT2D eigenvalue weighted by atomic mass is 32.2. The molecule has 0 unspecified atom stereocenters. The summed E-state index contributed by atoms with van der Waals surface area (Å²) in [6, 6.07) is 9.06. The molecule has 0 aliphatic heterocycles. The van der Waals surface area contributed by atoms with E-state index in [4.69, 9.17) is 4.55 Å². The maximum atomic E-state index is 10.3. The van der Waals surface area contributed by atoms with E-state index in [1.165, 1.54) is 0 Å². The van der Waals surface area contributed by atoms with Crippen LogP contribution in [-0.2, 0) is 16.5 Å². The Morgan fingerprint density at radius 1 is 1.25 bits per heavy atom. The Balaban J connectivity index is 2.56. The van der Waals surface area contributed by atoms with Crippen molar-refractivity contribution >= 4 is 10.1 Å². The Bertz CT molecular complexity index is 329. The van der Waals surface area contributed by atoms with Crippen LogP contribution in [0.1, 0.15) is 5.56 Å². The fourth-order valence-corrected chi connectivity index (χ4v) is 1.22. The first-order valence-electron chi connectivity index (χ1n) is 3.42. The Morgan fingerprint density at radius 2 is 1.83 bits per heavy atom. The molecule has 1 N–H and O–H groups in total. The highest BCUT2D eigenvalue weighted by Crippen LogP contribution is 2.03. The molecule has 4 heteroatoms. The van der Waals surface area contributed by atoms with Gasteiger partial charge in [0.15, 0.2) is 0 Å². The van der Waals surface area contributed by atoms with Crippen molar-refractivity contribution in [2.75, 3.05) is 0 Å². The summed E-state index contributed by atoms with van der Waals surface area (Å²) >= 11 is 0. The van der Waals surface area contributed by atoms with Gasteiger partial charge in [-0.15, -0.1) is 0 Å². The zero-order valence-electron chi connectivity index (χ0n) is 6.34. The summed E-state index contributed by atoms with van der Waals surface area (Å²) in [7, 11) is -3.95. The van der Waals surface area contributed by atoms with Gasteiger partial charge in [0.2, 0.25) is 0 Å². The van der Waals surface area contributed by atoms with Gasteiger partial charge in [0.05, 0.1) is 0 Å². The lowest BCUT2D eigenvalue weighted by Gasteiger charge is -1.96. The van der Waals surface area contributed by atoms with Gasteiger partial charge in [-0.2, -0.15) is 8.42 Å². The van der Waals surface area contributed by atoms with E-state index in [1.54, 1.807) is 12.1 Å². The molecule has 0 amide bonds. The monoisotopic (exact) mass is 185 g/mol. The zero-order chi connectivity index (χ0) is 9.03. The second kappa shape index (κ2) is 3.69. The summed E-state index contributed by atoms with van der Waals surface area (Å²) in [5.74, 6) is 0.877. The van der Waals surface area contributed by atoms with E-state index in [0.29, 0.717) is 0 Å². The van der Waals surface area contributed by atoms with Gasteiger partial charge >= 0.3 is 0 Å². The Kier molecular flexibility index (Phi) is 2.83. The van der Waals surface area contributed by atoms with Gasteiger partial charge in [0.25, 0.3) is 10.1 Å². The molecule has 65 valence electrons. The minimum atomic E-state index is -3.95. The Morgan fingerprint density at radius 3 is 2.33 bits per heavy atom. The van der Waals surface area contributed by atoms with Crippen molar-refractivity contribution in [3.63, 3.8) is 0 Å². The standard InChI is InChI=1S/C8H9O3S/c9-12(10,11)7-6-8-4-2-1-3-5-8/h1-5,7H,6H2,(H,9,10,11). The molecule has 0 spiro atoms. The SMILES string of the molecule is O=S(=O)(O)[CH]Cc1ccccc1. The smallest absolute Gasteiger partial charge is 0.269 e. The molecule has 1 aromatic rings. The van der Waals surface area contributed by atoms with Crippen molar-refractivity contribution in [3.05, 3.63) is 41.6 Å². The summed E-state index contributed by atoms with van der Waals surface area (Å²) in [5.41, 5.74) is 0.857. The van der Waals surface area contributed by atoms with Gasteiger partial charge in [0.1, 0.15) is 5.75 Å². The highest BCUT2D eigenvalue weighted by Gasteiger charge is 2.04. The van der Waals surface area contributed by atoms with E-state index in [2.05, 4.69) is 0 Å². The van der Waals surface area contributed by atoms with Crippen LogP contribution >= 0.6 is 0 Å². The lowest BCUT2D eigenvalue weighted by atomic mass is 10.2. The van der Waals surface area contributed by atoms with E-state index in [0.717, 1.165) is 11.3 Å². The number of hydrogen-bond donors (Lipinski definition) is 1. The van der Waals surface area contributed by atoms with Gasteiger partial charge in [-0.1, -0.05) is 30.3 Å². The third-order valence-electron chi connectivity index (χ3n) is 1.37. The molecule has 0 heterocycles. The van der Waals surface area contributed by atoms with E-state index in [1.807, 2.05) is 18.2 Å². The van der Waals surface area contributed by atoms with Gasteiger partial charge in [-0.25, -0.2) is 0 Å². The third-order valence-corrected chi connectivity index (χ3v) is 1.96. The minimum Gasteiger partial charge on any atom is -0.285 e. The van der Waals surface area contributed by atoms with Crippen LogP contribution in [0.25, 0.3) is 0 Å². The molecule has 3 nitrogen and oxygen atoms in total. The van der Waals surface area contributed by atoms with Crippen molar-refractivity contribution in [2.24, 2.45) is 0 Å². The average Bonchev–Trinajstić information content (AvgIpc) is 2.02. The quantitative estimate of drug-likeness (QED) is 0.722. The molecule has 0 saturated heterocycles. The highest BCUT2D eigenvalue weighted by molar-refractivity contribution is 7.87. The molecule has 1 rings (SSSR count). The van der Waals surface area contributed by atoms with Gasteiger partial charge in [0, 0.05) is 0 Å². The van der Waals surface area contributed by atoms with Gasteiger partial charge < -0.3 is 0 Å². The fraction of sp³-hybridized carbons (Fsp3) is 0.125. The first-order valence-corrected chi connectivity index (χ1v) is 4.93. The molecule has 12 heavy (non-hydrogen) atoms. The van der Waals surface area contributed by atoms with Crippen molar-refractivity contribution < 1.29 is 13.0 Å². The second-order valence-corrected chi connectivity index (χ2v) is 3.73. The molecule has 0 bridgehead atoms. The van der Waals surface area contributed by atoms with Crippen LogP contribution in [0.3, 0.4) is 0 Å². The van der Waals surface area contributed by atoms with Crippen molar-refractivity contribution in [3.8, 4) is 0 Å². The summed E-state index contributed by atoms with van der Waals surface area (Å²) < 4.78 is 29.0. The van der Waals surface area contributed by atoms with E-state index >= 15 is 0 Å². The molecule has 1 radical (unpaired) electrons. The third kappa shape index (κ3) is 3.50. The summed E-state index contributed by atoms with van der Waals surface area (Å²) in [6.45, 7) is 0. The van der Waals surface area contributed by atoms with Crippen LogP contribution < -0.4 is 0 Å². The predicted octanol–water partition coefficient (Wildman–Crippen LogP) is 1.28. The van der Waals surface area contributed by atoms with Gasteiger partial charge in [-0.05, 0) is 12.0 Å². The molecule has 0 atom stereocenters. The van der Waals surface area contributed by atoms with Crippen molar-refractivity contribution in [1.82, 2.24) is 0 Å². The first kappa shape index (κ1) is 9.22. The largest absolute Gasteiger partial charge is 0.285 e. The van der Waals surface area contributed by atoms with Crippen LogP contribution in [0.2, 0.25) is 0 Å². The van der Waals surface area contributed by atoms with E-state index < -0.39 is 10.1 Å². The van der Waals surface area contributed by atoms with E-state index in [-0.39, 0.29) is 6.42 Å². The maximum absolute atomic E-state index is 10.3. The van der Waals surface area contributed by atoms with E-state index in [9.17, 15) is 8.42 Å². The lowest BCUT2D eigenvalue weighted by Crippen LogP contribution is -1.99. The first-order chi connectivity index (χ1) is 5.58. The summed E-state index contributed by atoms with van der Waals surface area (Å²) in [6.07, 6.45) is 0.236.